The van der Waals surface area contributed by atoms with Crippen LogP contribution in [0.5, 0.6) is 5.75 Å². The average molecular weight is 466 g/mol. The van der Waals surface area contributed by atoms with Crippen LogP contribution in [0.15, 0.2) is 54.6 Å². The Balaban J connectivity index is 1.49. The van der Waals surface area contributed by atoms with Crippen molar-refractivity contribution in [2.45, 2.75) is 25.7 Å². The Kier molecular flexibility index (Phi) is 6.86. The third kappa shape index (κ3) is 4.90. The molecule has 2 heterocycles. The molecule has 0 radical (unpaired) electrons. The van der Waals surface area contributed by atoms with Crippen LogP contribution in [0.2, 0.25) is 0 Å². The summed E-state index contributed by atoms with van der Waals surface area (Å²) in [6, 6.07) is 13.9. The lowest BCUT2D eigenvalue weighted by molar-refractivity contribution is 0.0701. The molecule has 1 fully saturated rings. The van der Waals surface area contributed by atoms with Crippen molar-refractivity contribution in [1.29, 1.82) is 0 Å². The van der Waals surface area contributed by atoms with Gasteiger partial charge in [-0.25, -0.2) is 8.78 Å². The van der Waals surface area contributed by atoms with E-state index in [1.165, 1.54) is 11.0 Å². The lowest BCUT2D eigenvalue weighted by atomic mass is 9.89. The van der Waals surface area contributed by atoms with Gasteiger partial charge in [-0.2, -0.15) is 0 Å². The number of anilines is 1. The van der Waals surface area contributed by atoms with E-state index in [-0.39, 0.29) is 11.8 Å². The first kappa shape index (κ1) is 23.4. The summed E-state index contributed by atoms with van der Waals surface area (Å²) in [6.45, 7) is 2.48. The van der Waals surface area contributed by atoms with E-state index in [2.05, 4.69) is 10.3 Å². The number of aryl methyl sites for hydroxylation is 1. The monoisotopic (exact) mass is 465 g/mol. The third-order valence-corrected chi connectivity index (χ3v) is 6.00. The summed E-state index contributed by atoms with van der Waals surface area (Å²) in [6.07, 6.45) is 1.06. The highest BCUT2D eigenvalue weighted by Crippen LogP contribution is 2.31. The molecule has 2 amide bonds. The van der Waals surface area contributed by atoms with Crippen molar-refractivity contribution in [3.05, 3.63) is 88.7 Å². The van der Waals surface area contributed by atoms with Crippen molar-refractivity contribution in [2.75, 3.05) is 25.5 Å². The first-order valence-electron chi connectivity index (χ1n) is 11.0. The largest absolute Gasteiger partial charge is 0.497 e. The Morgan fingerprint density at radius 3 is 2.26 bits per heavy atom. The maximum atomic E-state index is 14.1. The van der Waals surface area contributed by atoms with Crippen molar-refractivity contribution in [2.24, 2.45) is 0 Å². The van der Waals surface area contributed by atoms with Gasteiger partial charge in [-0.15, -0.1) is 0 Å². The van der Waals surface area contributed by atoms with Gasteiger partial charge in [-0.1, -0.05) is 6.07 Å². The van der Waals surface area contributed by atoms with E-state index in [1.807, 2.05) is 6.92 Å². The molecule has 0 atom stereocenters. The van der Waals surface area contributed by atoms with E-state index in [0.29, 0.717) is 48.6 Å². The molecule has 0 aliphatic carbocycles. The molecule has 34 heavy (non-hydrogen) atoms. The van der Waals surface area contributed by atoms with Gasteiger partial charge in [0.05, 0.1) is 18.4 Å². The number of hydrogen-bond donors (Lipinski definition) is 1. The van der Waals surface area contributed by atoms with Crippen LogP contribution in [-0.4, -0.2) is 41.9 Å². The minimum atomic E-state index is -0.870. The second-order valence-corrected chi connectivity index (χ2v) is 8.23. The van der Waals surface area contributed by atoms with Crippen LogP contribution in [-0.2, 0) is 0 Å². The topological polar surface area (TPSA) is 71.5 Å². The second-order valence-electron chi connectivity index (χ2n) is 8.23. The number of piperidine rings is 1. The summed E-state index contributed by atoms with van der Waals surface area (Å²) in [5, 5.41) is 2.89. The number of methoxy groups -OCH3 is 1. The first-order chi connectivity index (χ1) is 16.4. The van der Waals surface area contributed by atoms with Crippen LogP contribution in [0, 0.1) is 18.6 Å². The number of hydrogen-bond acceptors (Lipinski definition) is 4. The fourth-order valence-corrected chi connectivity index (χ4v) is 4.17. The first-order valence-corrected chi connectivity index (χ1v) is 11.0. The smallest absolute Gasteiger partial charge is 0.259 e. The van der Waals surface area contributed by atoms with Crippen LogP contribution in [0.3, 0.4) is 0 Å². The number of pyridine rings is 1. The van der Waals surface area contributed by atoms with Gasteiger partial charge < -0.3 is 15.0 Å². The molecule has 176 valence electrons. The van der Waals surface area contributed by atoms with E-state index in [4.69, 9.17) is 4.74 Å². The summed E-state index contributed by atoms with van der Waals surface area (Å²) in [5.41, 5.74) is 2.00. The highest BCUT2D eigenvalue weighted by Gasteiger charge is 2.30. The molecule has 0 saturated carbocycles. The normalized spacial score (nSPS) is 14.1. The highest BCUT2D eigenvalue weighted by molar-refractivity contribution is 6.05. The molecule has 6 nitrogen and oxygen atoms in total. The lowest BCUT2D eigenvalue weighted by Gasteiger charge is -2.32. The fraction of sp³-hybridized carbons (Fsp3) is 0.269. The van der Waals surface area contributed by atoms with E-state index < -0.39 is 23.1 Å². The molecule has 8 heteroatoms. The number of amides is 2. The number of likely N-dealkylation sites (tertiary alicyclic amines) is 1. The van der Waals surface area contributed by atoms with E-state index in [0.717, 1.165) is 17.8 Å². The standard InChI is InChI=1S/C26H25F2N3O3/c1-16-6-11-20(25(32)30-18-7-9-19(34-2)10-8-18)24(29-16)17-12-14-31(15-13-17)26(33)23-21(27)4-3-5-22(23)28/h3-11,17H,12-15H2,1-2H3,(H,30,32). The van der Waals surface area contributed by atoms with E-state index >= 15 is 0 Å². The summed E-state index contributed by atoms with van der Waals surface area (Å²) >= 11 is 0. The maximum Gasteiger partial charge on any atom is 0.259 e. The molecular formula is C26H25F2N3O3. The second kappa shape index (κ2) is 9.99. The Morgan fingerprint density at radius 2 is 1.65 bits per heavy atom. The molecular weight excluding hydrogens is 440 g/mol. The molecule has 3 aromatic rings. The van der Waals surface area contributed by atoms with Crippen molar-refractivity contribution in [3.8, 4) is 5.75 Å². The number of nitrogens with one attached hydrogen (secondary N) is 1. The maximum absolute atomic E-state index is 14.1. The van der Waals surface area contributed by atoms with Crippen LogP contribution < -0.4 is 10.1 Å². The number of carbonyl (C=O) groups excluding carboxylic acids is 2. The van der Waals surface area contributed by atoms with Crippen LogP contribution in [0.25, 0.3) is 0 Å². The van der Waals surface area contributed by atoms with Gasteiger partial charge in [0.15, 0.2) is 0 Å². The number of carbonyl (C=O) groups is 2. The van der Waals surface area contributed by atoms with Gasteiger partial charge in [0, 0.05) is 30.4 Å². The number of rotatable bonds is 5. The number of ether oxygens (including phenoxy) is 1. The van der Waals surface area contributed by atoms with Gasteiger partial charge in [-0.3, -0.25) is 14.6 Å². The van der Waals surface area contributed by atoms with Crippen molar-refractivity contribution in [1.82, 2.24) is 9.88 Å². The summed E-state index contributed by atoms with van der Waals surface area (Å²) in [7, 11) is 1.57. The number of halogens is 2. The third-order valence-electron chi connectivity index (χ3n) is 6.00. The average Bonchev–Trinajstić information content (AvgIpc) is 2.84. The minimum absolute atomic E-state index is 0.0639. The quantitative estimate of drug-likeness (QED) is 0.579. The number of aromatic nitrogens is 1. The van der Waals surface area contributed by atoms with Crippen LogP contribution in [0.4, 0.5) is 14.5 Å². The van der Waals surface area contributed by atoms with Gasteiger partial charge in [0.2, 0.25) is 0 Å². The zero-order valence-electron chi connectivity index (χ0n) is 19.0. The van der Waals surface area contributed by atoms with Gasteiger partial charge in [-0.05, 0) is 68.3 Å². The Labute approximate surface area is 196 Å². The molecule has 0 spiro atoms. The lowest BCUT2D eigenvalue weighted by Crippen LogP contribution is -2.39. The van der Waals surface area contributed by atoms with E-state index in [9.17, 15) is 18.4 Å². The SMILES string of the molecule is COc1ccc(NC(=O)c2ccc(C)nc2C2CCN(C(=O)c3c(F)cccc3F)CC2)cc1. The van der Waals surface area contributed by atoms with Crippen LogP contribution in [0.1, 0.15) is 50.9 Å². The predicted octanol–water partition coefficient (Wildman–Crippen LogP) is 4.95. The van der Waals surface area contributed by atoms with Crippen molar-refractivity contribution < 1.29 is 23.1 Å². The molecule has 1 aromatic heterocycles. The Hall–Kier alpha value is -3.81. The number of nitrogens with zero attached hydrogens (tertiary/aromatic N) is 2. The van der Waals surface area contributed by atoms with Crippen molar-refractivity contribution in [3.63, 3.8) is 0 Å². The molecule has 1 N–H and O–H groups in total. The van der Waals surface area contributed by atoms with Crippen molar-refractivity contribution >= 4 is 17.5 Å². The number of benzene rings is 2. The summed E-state index contributed by atoms with van der Waals surface area (Å²) in [4.78, 5) is 31.9. The van der Waals surface area contributed by atoms with Gasteiger partial charge in [0.25, 0.3) is 11.8 Å². The molecule has 1 aliphatic heterocycles. The molecule has 1 saturated heterocycles. The molecule has 1 aliphatic rings. The fourth-order valence-electron chi connectivity index (χ4n) is 4.17. The van der Waals surface area contributed by atoms with Gasteiger partial charge >= 0.3 is 0 Å². The van der Waals surface area contributed by atoms with Gasteiger partial charge in [0.1, 0.15) is 22.9 Å². The summed E-state index contributed by atoms with van der Waals surface area (Å²) < 4.78 is 33.3. The molecule has 0 bridgehead atoms. The Morgan fingerprint density at radius 1 is 1.00 bits per heavy atom. The molecule has 4 rings (SSSR count). The van der Waals surface area contributed by atoms with E-state index in [1.54, 1.807) is 43.5 Å². The highest BCUT2D eigenvalue weighted by atomic mass is 19.1. The predicted molar refractivity (Wildman–Crippen MR) is 124 cm³/mol. The zero-order valence-corrected chi connectivity index (χ0v) is 19.0. The summed E-state index contributed by atoms with van der Waals surface area (Å²) in [5.74, 6) is -2.06. The van der Waals surface area contributed by atoms with Crippen LogP contribution >= 0.6 is 0 Å². The molecule has 2 aromatic carbocycles. The zero-order chi connectivity index (χ0) is 24.2. The Bertz CT molecular complexity index is 1190. The molecule has 0 unspecified atom stereocenters. The minimum Gasteiger partial charge on any atom is -0.497 e.